The highest BCUT2D eigenvalue weighted by Crippen LogP contribution is 2.34. The Balaban J connectivity index is 1.76. The zero-order chi connectivity index (χ0) is 18.0. The Labute approximate surface area is 166 Å². The molecule has 9 heteroatoms. The van der Waals surface area contributed by atoms with Gasteiger partial charge >= 0.3 is 0 Å². The lowest BCUT2D eigenvalue weighted by atomic mass is 10.2. The van der Waals surface area contributed by atoms with E-state index < -0.39 is 6.04 Å². The van der Waals surface area contributed by atoms with E-state index >= 15 is 0 Å². The molecule has 1 saturated heterocycles. The smallest absolute Gasteiger partial charge is 0.266 e. The number of thiocarbonyl (C=S) groups is 1. The number of thiazole rings is 1. The fourth-order valence-electron chi connectivity index (χ4n) is 2.14. The molecule has 25 heavy (non-hydrogen) atoms. The number of hydrogen-bond donors (Lipinski definition) is 1. The molecule has 1 aromatic heterocycles. The summed E-state index contributed by atoms with van der Waals surface area (Å²) < 4.78 is 1.33. The Morgan fingerprint density at radius 2 is 2.12 bits per heavy atom. The highest BCUT2D eigenvalue weighted by Gasteiger charge is 2.38. The van der Waals surface area contributed by atoms with E-state index in [-0.39, 0.29) is 11.8 Å². The molecule has 0 spiro atoms. The van der Waals surface area contributed by atoms with Gasteiger partial charge < -0.3 is 5.32 Å². The number of hydrogen-bond acceptors (Lipinski definition) is 6. The lowest BCUT2D eigenvalue weighted by Gasteiger charge is -2.21. The second kappa shape index (κ2) is 7.77. The first-order valence-corrected chi connectivity index (χ1v) is 10.1. The quantitative estimate of drug-likeness (QED) is 0.556. The maximum atomic E-state index is 12.7. The van der Waals surface area contributed by atoms with Crippen molar-refractivity contribution in [3.63, 3.8) is 0 Å². The van der Waals surface area contributed by atoms with E-state index in [0.717, 1.165) is 10.0 Å². The highest BCUT2D eigenvalue weighted by molar-refractivity contribution is 9.10. The van der Waals surface area contributed by atoms with Gasteiger partial charge in [-0.3, -0.25) is 14.5 Å². The van der Waals surface area contributed by atoms with Crippen LogP contribution in [0.1, 0.15) is 12.5 Å². The number of amides is 2. The van der Waals surface area contributed by atoms with Crippen molar-refractivity contribution >= 4 is 78.6 Å². The number of thioether (sulfide) groups is 1. The SMILES string of the molecule is CC(C(=O)Nc1nccs1)N1C(=O)/C(=C/c2ccc(Br)cc2)SC1=S. The van der Waals surface area contributed by atoms with Crippen LogP contribution in [0, 0.1) is 0 Å². The number of carbonyl (C=O) groups excluding carboxylic acids is 2. The number of aromatic nitrogens is 1. The van der Waals surface area contributed by atoms with Crippen molar-refractivity contribution in [1.82, 2.24) is 9.88 Å². The lowest BCUT2D eigenvalue weighted by Crippen LogP contribution is -2.44. The summed E-state index contributed by atoms with van der Waals surface area (Å²) in [6.45, 7) is 1.65. The van der Waals surface area contributed by atoms with Crippen molar-refractivity contribution < 1.29 is 9.59 Å². The van der Waals surface area contributed by atoms with Crippen LogP contribution in [0.25, 0.3) is 6.08 Å². The number of rotatable bonds is 4. The van der Waals surface area contributed by atoms with Gasteiger partial charge in [-0.25, -0.2) is 4.98 Å². The average Bonchev–Trinajstić information content (AvgIpc) is 3.17. The second-order valence-electron chi connectivity index (χ2n) is 5.11. The molecule has 128 valence electrons. The van der Waals surface area contributed by atoms with Crippen LogP contribution in [0.15, 0.2) is 45.2 Å². The normalized spacial score (nSPS) is 17.2. The van der Waals surface area contributed by atoms with Crippen LogP contribution < -0.4 is 5.32 Å². The Morgan fingerprint density at radius 1 is 1.40 bits per heavy atom. The summed E-state index contributed by atoms with van der Waals surface area (Å²) in [5.41, 5.74) is 0.892. The molecule has 0 saturated carbocycles. The number of halogens is 1. The molecular weight excluding hydrogens is 442 g/mol. The number of anilines is 1. The first-order valence-electron chi connectivity index (χ1n) is 7.18. The number of nitrogens with zero attached hydrogens (tertiary/aromatic N) is 2. The summed E-state index contributed by atoms with van der Waals surface area (Å²) in [6.07, 6.45) is 3.38. The van der Waals surface area contributed by atoms with Crippen molar-refractivity contribution in [3.8, 4) is 0 Å². The van der Waals surface area contributed by atoms with Crippen molar-refractivity contribution in [3.05, 3.63) is 50.8 Å². The minimum Gasteiger partial charge on any atom is -0.300 e. The van der Waals surface area contributed by atoms with Gasteiger partial charge in [0.15, 0.2) is 5.13 Å². The third kappa shape index (κ3) is 4.17. The summed E-state index contributed by atoms with van der Waals surface area (Å²) in [5.74, 6) is -0.587. The Morgan fingerprint density at radius 3 is 2.76 bits per heavy atom. The molecule has 0 bridgehead atoms. The monoisotopic (exact) mass is 453 g/mol. The fourth-order valence-corrected chi connectivity index (χ4v) is 4.35. The van der Waals surface area contributed by atoms with E-state index in [9.17, 15) is 9.59 Å². The van der Waals surface area contributed by atoms with Gasteiger partial charge in [0.25, 0.3) is 5.91 Å². The van der Waals surface area contributed by atoms with Crippen LogP contribution in [-0.2, 0) is 9.59 Å². The molecule has 2 amide bonds. The lowest BCUT2D eigenvalue weighted by molar-refractivity contribution is -0.129. The van der Waals surface area contributed by atoms with E-state index in [1.165, 1.54) is 28.0 Å². The van der Waals surface area contributed by atoms with E-state index in [1.807, 2.05) is 24.3 Å². The van der Waals surface area contributed by atoms with E-state index in [4.69, 9.17) is 12.2 Å². The zero-order valence-electron chi connectivity index (χ0n) is 12.9. The van der Waals surface area contributed by atoms with E-state index in [1.54, 1.807) is 24.6 Å². The molecule has 1 aliphatic heterocycles. The third-order valence-electron chi connectivity index (χ3n) is 3.42. The third-order valence-corrected chi connectivity index (χ3v) is 5.97. The predicted octanol–water partition coefficient (Wildman–Crippen LogP) is 4.13. The van der Waals surface area contributed by atoms with Crippen molar-refractivity contribution in [2.45, 2.75) is 13.0 Å². The Bertz CT molecular complexity index is 850. The maximum Gasteiger partial charge on any atom is 0.266 e. The van der Waals surface area contributed by atoms with Gasteiger partial charge in [0.05, 0.1) is 4.91 Å². The molecule has 1 aliphatic rings. The molecule has 0 aliphatic carbocycles. The minimum absolute atomic E-state index is 0.264. The topological polar surface area (TPSA) is 62.3 Å². The standard InChI is InChI=1S/C16H12BrN3O2S3/c1-9(13(21)19-15-18-6-7-24-15)20-14(22)12(25-16(20)23)8-10-2-4-11(17)5-3-10/h2-9H,1H3,(H,18,19,21)/b12-8-. The van der Waals surface area contributed by atoms with Crippen molar-refractivity contribution in [1.29, 1.82) is 0 Å². The molecular formula is C16H12BrN3O2S3. The van der Waals surface area contributed by atoms with Gasteiger partial charge in [0.1, 0.15) is 10.4 Å². The fraction of sp³-hybridized carbons (Fsp3) is 0.125. The first-order chi connectivity index (χ1) is 12.0. The Hall–Kier alpha value is -1.55. The maximum absolute atomic E-state index is 12.7. The van der Waals surface area contributed by atoms with Crippen LogP contribution in [0.5, 0.6) is 0 Å². The summed E-state index contributed by atoms with van der Waals surface area (Å²) in [7, 11) is 0. The van der Waals surface area contributed by atoms with Crippen molar-refractivity contribution in [2.75, 3.05) is 5.32 Å². The van der Waals surface area contributed by atoms with Crippen LogP contribution in [-0.4, -0.2) is 32.1 Å². The molecule has 5 nitrogen and oxygen atoms in total. The molecule has 0 radical (unpaired) electrons. The molecule has 1 N–H and O–H groups in total. The van der Waals surface area contributed by atoms with Gasteiger partial charge in [0.2, 0.25) is 5.91 Å². The van der Waals surface area contributed by atoms with E-state index in [0.29, 0.717) is 14.4 Å². The summed E-state index contributed by atoms with van der Waals surface area (Å²) in [5, 5.41) is 4.95. The molecule has 3 rings (SSSR count). The highest BCUT2D eigenvalue weighted by atomic mass is 79.9. The van der Waals surface area contributed by atoms with Gasteiger partial charge in [-0.15, -0.1) is 11.3 Å². The number of carbonyl (C=O) groups is 2. The molecule has 2 heterocycles. The second-order valence-corrected chi connectivity index (χ2v) is 8.59. The molecule has 2 aromatic rings. The molecule has 1 fully saturated rings. The van der Waals surface area contributed by atoms with E-state index in [2.05, 4.69) is 26.2 Å². The van der Waals surface area contributed by atoms with Crippen LogP contribution in [0.2, 0.25) is 0 Å². The number of nitrogens with one attached hydrogen (secondary N) is 1. The van der Waals surface area contributed by atoms with Crippen LogP contribution in [0.3, 0.4) is 0 Å². The average molecular weight is 454 g/mol. The van der Waals surface area contributed by atoms with Crippen LogP contribution >= 0.6 is 51.2 Å². The predicted molar refractivity (Wildman–Crippen MR) is 109 cm³/mol. The largest absolute Gasteiger partial charge is 0.300 e. The Kier molecular flexibility index (Phi) is 5.67. The van der Waals surface area contributed by atoms with Gasteiger partial charge in [0, 0.05) is 16.0 Å². The zero-order valence-corrected chi connectivity index (χ0v) is 17.0. The summed E-state index contributed by atoms with van der Waals surface area (Å²) in [4.78, 5) is 30.9. The summed E-state index contributed by atoms with van der Waals surface area (Å²) >= 11 is 11.2. The van der Waals surface area contributed by atoms with Gasteiger partial charge in [-0.2, -0.15) is 0 Å². The van der Waals surface area contributed by atoms with Gasteiger partial charge in [-0.1, -0.05) is 52.0 Å². The van der Waals surface area contributed by atoms with Crippen molar-refractivity contribution in [2.24, 2.45) is 0 Å². The molecule has 1 unspecified atom stereocenters. The van der Waals surface area contributed by atoms with Gasteiger partial charge in [-0.05, 0) is 30.7 Å². The first kappa shape index (κ1) is 18.2. The molecule has 1 atom stereocenters. The van der Waals surface area contributed by atoms with Crippen LogP contribution in [0.4, 0.5) is 5.13 Å². The number of benzene rings is 1. The molecule has 1 aromatic carbocycles. The minimum atomic E-state index is -0.716. The summed E-state index contributed by atoms with van der Waals surface area (Å²) in [6, 6.07) is 6.88.